The van der Waals surface area contributed by atoms with Crippen LogP contribution in [-0.2, 0) is 14.4 Å². The van der Waals surface area contributed by atoms with Crippen molar-refractivity contribution in [1.29, 1.82) is 0 Å². The molecule has 0 spiro atoms. The topological polar surface area (TPSA) is 55.8 Å². The van der Waals surface area contributed by atoms with Gasteiger partial charge in [-0.15, -0.1) is 0 Å². The molecule has 0 saturated heterocycles. The molecule has 4 heteroatoms. The van der Waals surface area contributed by atoms with Gasteiger partial charge in [-0.1, -0.05) is 13.3 Å². The van der Waals surface area contributed by atoms with Crippen molar-refractivity contribution < 1.29 is 19.7 Å². The van der Waals surface area contributed by atoms with E-state index in [1.54, 1.807) is 0 Å². The first-order valence-corrected chi connectivity index (χ1v) is 7.44. The Hall–Kier alpha value is -0.610. The summed E-state index contributed by atoms with van der Waals surface area (Å²) in [5, 5.41) is 8.29. The molecule has 0 bridgehead atoms. The molecule has 0 radical (unpaired) electrons. The van der Waals surface area contributed by atoms with E-state index >= 15 is 0 Å². The molecule has 2 saturated carbocycles. The average Bonchev–Trinajstić information content (AvgIpc) is 2.85. The highest BCUT2D eigenvalue weighted by Crippen LogP contribution is 2.53. The average molecular weight is 270 g/mol. The van der Waals surface area contributed by atoms with E-state index in [1.807, 2.05) is 13.8 Å². The van der Waals surface area contributed by atoms with Crippen molar-refractivity contribution in [2.24, 2.45) is 23.7 Å². The van der Waals surface area contributed by atoms with E-state index in [-0.39, 0.29) is 6.61 Å². The Morgan fingerprint density at radius 2 is 1.79 bits per heavy atom. The van der Waals surface area contributed by atoms with Crippen LogP contribution >= 0.6 is 0 Å². The molecule has 110 valence electrons. The second kappa shape index (κ2) is 5.80. The van der Waals surface area contributed by atoms with Crippen LogP contribution in [-0.4, -0.2) is 23.4 Å². The molecule has 0 heterocycles. The van der Waals surface area contributed by atoms with Gasteiger partial charge in [0.05, 0.1) is 0 Å². The zero-order chi connectivity index (χ0) is 14.0. The van der Waals surface area contributed by atoms with Gasteiger partial charge >= 0.3 is 5.97 Å². The second-order valence-corrected chi connectivity index (χ2v) is 6.79. The van der Waals surface area contributed by atoms with Crippen molar-refractivity contribution in [3.63, 3.8) is 0 Å². The Kier molecular flexibility index (Phi) is 4.51. The molecule has 0 aromatic heterocycles. The number of hydrogen-bond acceptors (Lipinski definition) is 4. The summed E-state index contributed by atoms with van der Waals surface area (Å²) >= 11 is 0. The third-order valence-corrected chi connectivity index (χ3v) is 5.23. The summed E-state index contributed by atoms with van der Waals surface area (Å²) in [6.07, 6.45) is 6.33. The summed E-state index contributed by atoms with van der Waals surface area (Å²) in [6, 6.07) is 0. The molecule has 2 aliphatic carbocycles. The molecule has 2 rings (SSSR count). The first kappa shape index (κ1) is 14.8. The van der Waals surface area contributed by atoms with Crippen LogP contribution in [0.25, 0.3) is 0 Å². The van der Waals surface area contributed by atoms with E-state index < -0.39 is 11.6 Å². The zero-order valence-corrected chi connectivity index (χ0v) is 12.2. The smallest absolute Gasteiger partial charge is 0.336 e. The number of carbonyl (C=O) groups excluding carboxylic acids is 1. The van der Waals surface area contributed by atoms with Crippen molar-refractivity contribution in [3.8, 4) is 0 Å². The number of hydrogen-bond donors (Lipinski definition) is 1. The van der Waals surface area contributed by atoms with Crippen LogP contribution in [0.1, 0.15) is 52.9 Å². The Morgan fingerprint density at radius 3 is 2.26 bits per heavy atom. The number of fused-ring (bicyclic) bond motifs is 1. The molecule has 2 unspecified atom stereocenters. The van der Waals surface area contributed by atoms with Gasteiger partial charge in [0.15, 0.2) is 6.61 Å². The third kappa shape index (κ3) is 3.29. The fraction of sp³-hybridized carbons (Fsp3) is 0.933. The highest BCUT2D eigenvalue weighted by Gasteiger charge is 2.47. The van der Waals surface area contributed by atoms with Crippen molar-refractivity contribution in [1.82, 2.24) is 0 Å². The second-order valence-electron chi connectivity index (χ2n) is 6.79. The van der Waals surface area contributed by atoms with Crippen LogP contribution in [0.3, 0.4) is 0 Å². The Labute approximate surface area is 115 Å². The monoisotopic (exact) mass is 270 g/mol. The number of esters is 1. The SMILES string of the molecule is CCC1CC2CC(C(C)(C)OC(=O)COO)CC2C1. The summed E-state index contributed by atoms with van der Waals surface area (Å²) < 4.78 is 5.46. The largest absolute Gasteiger partial charge is 0.458 e. The fourth-order valence-electron chi connectivity index (χ4n) is 4.10. The lowest BCUT2D eigenvalue weighted by atomic mass is 9.86. The van der Waals surface area contributed by atoms with Gasteiger partial charge in [0.25, 0.3) is 0 Å². The van der Waals surface area contributed by atoms with E-state index in [9.17, 15) is 4.79 Å². The van der Waals surface area contributed by atoms with Gasteiger partial charge in [0.2, 0.25) is 0 Å². The predicted molar refractivity (Wildman–Crippen MR) is 71.5 cm³/mol. The zero-order valence-electron chi connectivity index (χ0n) is 12.2. The van der Waals surface area contributed by atoms with Crippen LogP contribution in [0, 0.1) is 23.7 Å². The van der Waals surface area contributed by atoms with Crippen molar-refractivity contribution in [3.05, 3.63) is 0 Å². The summed E-state index contributed by atoms with van der Waals surface area (Å²) in [7, 11) is 0. The number of rotatable bonds is 5. The minimum absolute atomic E-state index is 0.388. The fourth-order valence-corrected chi connectivity index (χ4v) is 4.10. The van der Waals surface area contributed by atoms with Gasteiger partial charge < -0.3 is 4.74 Å². The maximum Gasteiger partial charge on any atom is 0.336 e. The highest BCUT2D eigenvalue weighted by molar-refractivity contribution is 5.71. The minimum Gasteiger partial charge on any atom is -0.458 e. The normalized spacial score (nSPS) is 34.3. The summed E-state index contributed by atoms with van der Waals surface area (Å²) in [5.41, 5.74) is -0.457. The standard InChI is InChI=1S/C15H26O4/c1-4-10-5-11-7-13(8-12(11)6-10)15(2,3)19-14(16)9-18-17/h10-13,17H,4-9H2,1-3H3. The van der Waals surface area contributed by atoms with Gasteiger partial charge in [-0.25, -0.2) is 9.68 Å². The van der Waals surface area contributed by atoms with Crippen molar-refractivity contribution >= 4 is 5.97 Å². The molecular weight excluding hydrogens is 244 g/mol. The van der Waals surface area contributed by atoms with Crippen LogP contribution < -0.4 is 0 Å². The van der Waals surface area contributed by atoms with Crippen LogP contribution in [0.4, 0.5) is 0 Å². The van der Waals surface area contributed by atoms with E-state index in [0.717, 1.165) is 17.8 Å². The van der Waals surface area contributed by atoms with Gasteiger partial charge in [-0.05, 0) is 63.2 Å². The first-order valence-electron chi connectivity index (χ1n) is 7.44. The van der Waals surface area contributed by atoms with E-state index in [2.05, 4.69) is 11.8 Å². The molecule has 0 aromatic carbocycles. The predicted octanol–water partition coefficient (Wildman–Crippen LogP) is 3.26. The molecular formula is C15H26O4. The molecule has 4 nitrogen and oxygen atoms in total. The van der Waals surface area contributed by atoms with Crippen LogP contribution in [0.2, 0.25) is 0 Å². The molecule has 2 aliphatic rings. The molecule has 2 atom stereocenters. The maximum absolute atomic E-state index is 11.5. The number of carbonyl (C=O) groups is 1. The lowest BCUT2D eigenvalue weighted by Crippen LogP contribution is -2.37. The first-order chi connectivity index (χ1) is 8.96. The highest BCUT2D eigenvalue weighted by atomic mass is 17.1. The summed E-state index contributed by atoms with van der Waals surface area (Å²) in [5.74, 6) is 2.49. The van der Waals surface area contributed by atoms with Gasteiger partial charge in [0, 0.05) is 0 Å². The van der Waals surface area contributed by atoms with Gasteiger partial charge in [-0.2, -0.15) is 0 Å². The Morgan fingerprint density at radius 1 is 1.21 bits per heavy atom. The maximum atomic E-state index is 11.5. The van der Waals surface area contributed by atoms with Crippen molar-refractivity contribution in [2.75, 3.05) is 6.61 Å². The van der Waals surface area contributed by atoms with Crippen LogP contribution in [0.15, 0.2) is 0 Å². The summed E-state index contributed by atoms with van der Waals surface area (Å²) in [6.45, 7) is 5.85. The van der Waals surface area contributed by atoms with Crippen LogP contribution in [0.5, 0.6) is 0 Å². The molecule has 0 amide bonds. The lowest BCUT2D eigenvalue weighted by molar-refractivity contribution is -0.249. The van der Waals surface area contributed by atoms with Gasteiger partial charge in [-0.3, -0.25) is 5.26 Å². The Bertz CT molecular complexity index is 312. The summed E-state index contributed by atoms with van der Waals surface area (Å²) in [4.78, 5) is 15.3. The molecule has 0 aromatic rings. The molecule has 0 aliphatic heterocycles. The molecule has 19 heavy (non-hydrogen) atoms. The lowest BCUT2D eigenvalue weighted by Gasteiger charge is -2.32. The molecule has 1 N–H and O–H groups in total. The quantitative estimate of drug-likeness (QED) is 0.473. The van der Waals surface area contributed by atoms with E-state index in [4.69, 9.17) is 9.99 Å². The number of ether oxygens (including phenoxy) is 1. The van der Waals surface area contributed by atoms with E-state index in [0.29, 0.717) is 5.92 Å². The molecule has 2 fully saturated rings. The van der Waals surface area contributed by atoms with Crippen molar-refractivity contribution in [2.45, 2.75) is 58.5 Å². The third-order valence-electron chi connectivity index (χ3n) is 5.23. The Balaban J connectivity index is 1.88. The van der Waals surface area contributed by atoms with E-state index in [1.165, 1.54) is 32.1 Å². The minimum atomic E-state index is -0.490. The van der Waals surface area contributed by atoms with Gasteiger partial charge in [0.1, 0.15) is 5.60 Å².